The molecule has 6 heteroatoms. The van der Waals surface area contributed by atoms with E-state index in [0.717, 1.165) is 0 Å². The third-order valence-corrected chi connectivity index (χ3v) is 5.83. The molecule has 128 valence electrons. The summed E-state index contributed by atoms with van der Waals surface area (Å²) in [6.07, 6.45) is 0. The van der Waals surface area contributed by atoms with Crippen molar-refractivity contribution < 1.29 is 17.9 Å². The minimum absolute atomic E-state index is 0.233. The highest BCUT2D eigenvalue weighted by atomic mass is 32.2. The lowest BCUT2D eigenvalue weighted by Crippen LogP contribution is -2.40. The van der Waals surface area contributed by atoms with Crippen LogP contribution in [0.2, 0.25) is 0 Å². The normalized spacial score (nSPS) is 14.0. The summed E-state index contributed by atoms with van der Waals surface area (Å²) in [4.78, 5) is 12.4. The summed E-state index contributed by atoms with van der Waals surface area (Å²) in [6.45, 7) is 1.73. The zero-order valence-electron chi connectivity index (χ0n) is 13.7. The van der Waals surface area contributed by atoms with E-state index in [1.54, 1.807) is 55.5 Å². The van der Waals surface area contributed by atoms with E-state index in [-0.39, 0.29) is 10.6 Å². The topological polar surface area (TPSA) is 86.5 Å². The summed E-state index contributed by atoms with van der Waals surface area (Å²) in [6, 6.07) is 14.6. The van der Waals surface area contributed by atoms with E-state index in [2.05, 4.69) is 0 Å². The van der Waals surface area contributed by atoms with Crippen molar-refractivity contribution in [2.45, 2.75) is 23.8 Å². The monoisotopic (exact) mass is 347 g/mol. The lowest BCUT2D eigenvalue weighted by atomic mass is 9.93. The van der Waals surface area contributed by atoms with Gasteiger partial charge in [0.1, 0.15) is 0 Å². The molecule has 0 aromatic heterocycles. The second-order valence-electron chi connectivity index (χ2n) is 5.62. The highest BCUT2D eigenvalue weighted by Gasteiger charge is 2.32. The maximum absolute atomic E-state index is 12.7. The van der Waals surface area contributed by atoms with Crippen LogP contribution in [0.15, 0.2) is 59.5 Å². The van der Waals surface area contributed by atoms with Crippen molar-refractivity contribution in [1.82, 2.24) is 0 Å². The minimum atomic E-state index is -3.62. The molecule has 2 atom stereocenters. The van der Waals surface area contributed by atoms with E-state index in [1.165, 1.54) is 7.11 Å². The van der Waals surface area contributed by atoms with Gasteiger partial charge in [0.05, 0.1) is 23.7 Å². The molecular formula is C18H21NO4S. The Kier molecular flexibility index (Phi) is 5.75. The molecular weight excluding hydrogens is 326 g/mol. The van der Waals surface area contributed by atoms with E-state index in [1.807, 2.05) is 6.07 Å². The SMILES string of the molecule is COC(=O)C(c1ccccc1)C(N)CS(=O)(=O)c1ccccc1C. The molecule has 0 aliphatic heterocycles. The second kappa shape index (κ2) is 7.59. The zero-order chi connectivity index (χ0) is 17.7. The maximum Gasteiger partial charge on any atom is 0.314 e. The van der Waals surface area contributed by atoms with Gasteiger partial charge < -0.3 is 10.5 Å². The Bertz CT molecular complexity index is 803. The van der Waals surface area contributed by atoms with Crippen LogP contribution in [0.1, 0.15) is 17.0 Å². The molecule has 0 saturated heterocycles. The molecule has 0 heterocycles. The fourth-order valence-corrected chi connectivity index (χ4v) is 4.41. The van der Waals surface area contributed by atoms with Crippen LogP contribution >= 0.6 is 0 Å². The van der Waals surface area contributed by atoms with Crippen LogP contribution < -0.4 is 5.73 Å². The van der Waals surface area contributed by atoms with Gasteiger partial charge in [-0.15, -0.1) is 0 Å². The fourth-order valence-electron chi connectivity index (χ4n) is 2.69. The Morgan fingerprint density at radius 2 is 1.67 bits per heavy atom. The van der Waals surface area contributed by atoms with Gasteiger partial charge in [0.15, 0.2) is 9.84 Å². The van der Waals surface area contributed by atoms with Crippen LogP contribution in [0, 0.1) is 6.92 Å². The predicted octanol–water partition coefficient (Wildman–Crippen LogP) is 2.05. The van der Waals surface area contributed by atoms with E-state index >= 15 is 0 Å². The number of sulfone groups is 1. The Morgan fingerprint density at radius 3 is 2.25 bits per heavy atom. The smallest absolute Gasteiger partial charge is 0.314 e. The molecule has 0 aliphatic carbocycles. The van der Waals surface area contributed by atoms with Gasteiger partial charge in [-0.2, -0.15) is 0 Å². The number of nitrogens with two attached hydrogens (primary N) is 1. The van der Waals surface area contributed by atoms with Crippen molar-refractivity contribution in [3.63, 3.8) is 0 Å². The number of carbonyl (C=O) groups excluding carboxylic acids is 1. The van der Waals surface area contributed by atoms with Crippen molar-refractivity contribution in [2.75, 3.05) is 12.9 Å². The molecule has 0 aliphatic rings. The number of hydrogen-bond donors (Lipinski definition) is 1. The van der Waals surface area contributed by atoms with E-state index in [4.69, 9.17) is 10.5 Å². The van der Waals surface area contributed by atoms with Gasteiger partial charge >= 0.3 is 5.97 Å². The molecule has 2 N–H and O–H groups in total. The molecule has 2 rings (SSSR count). The number of hydrogen-bond acceptors (Lipinski definition) is 5. The van der Waals surface area contributed by atoms with Crippen molar-refractivity contribution in [3.05, 3.63) is 65.7 Å². The third-order valence-electron chi connectivity index (χ3n) is 3.88. The number of benzene rings is 2. The quantitative estimate of drug-likeness (QED) is 0.808. The summed E-state index contributed by atoms with van der Waals surface area (Å²) in [5.41, 5.74) is 7.41. The summed E-state index contributed by atoms with van der Waals surface area (Å²) in [7, 11) is -2.35. The van der Waals surface area contributed by atoms with Crippen molar-refractivity contribution in [3.8, 4) is 0 Å². The van der Waals surface area contributed by atoms with Crippen molar-refractivity contribution >= 4 is 15.8 Å². The Morgan fingerprint density at radius 1 is 1.08 bits per heavy atom. The highest BCUT2D eigenvalue weighted by molar-refractivity contribution is 7.91. The molecule has 2 aromatic rings. The molecule has 0 amide bonds. The number of methoxy groups -OCH3 is 1. The third kappa shape index (κ3) is 4.01. The molecule has 0 radical (unpaired) electrons. The van der Waals surface area contributed by atoms with Crippen LogP contribution in [0.4, 0.5) is 0 Å². The van der Waals surface area contributed by atoms with E-state index in [9.17, 15) is 13.2 Å². The average Bonchev–Trinajstić information content (AvgIpc) is 2.55. The second-order valence-corrected chi connectivity index (χ2v) is 7.62. The number of aryl methyl sites for hydroxylation is 1. The molecule has 0 bridgehead atoms. The molecule has 24 heavy (non-hydrogen) atoms. The lowest BCUT2D eigenvalue weighted by Gasteiger charge is -2.22. The predicted molar refractivity (Wildman–Crippen MR) is 92.4 cm³/mol. The molecule has 0 spiro atoms. The van der Waals surface area contributed by atoms with Crippen LogP contribution in [0.5, 0.6) is 0 Å². The van der Waals surface area contributed by atoms with Gasteiger partial charge in [-0.25, -0.2) is 8.42 Å². The summed E-state index contributed by atoms with van der Waals surface area (Å²) < 4.78 is 30.2. The Labute approximate surface area is 142 Å². The molecule has 2 aromatic carbocycles. The first kappa shape index (κ1) is 18.2. The standard InChI is InChI=1S/C18H21NO4S/c1-13-8-6-7-11-16(13)24(21,22)12-15(19)17(18(20)23-2)14-9-4-3-5-10-14/h3-11,15,17H,12,19H2,1-2H3. The molecule has 0 saturated carbocycles. The van der Waals surface area contributed by atoms with Crippen LogP contribution in [0.3, 0.4) is 0 Å². The van der Waals surface area contributed by atoms with Crippen molar-refractivity contribution in [1.29, 1.82) is 0 Å². The number of carbonyl (C=O) groups is 1. The van der Waals surface area contributed by atoms with Gasteiger partial charge in [0.2, 0.25) is 0 Å². The number of ether oxygens (including phenoxy) is 1. The van der Waals surface area contributed by atoms with Gasteiger partial charge in [0.25, 0.3) is 0 Å². The lowest BCUT2D eigenvalue weighted by molar-refractivity contribution is -0.142. The highest BCUT2D eigenvalue weighted by Crippen LogP contribution is 2.24. The first-order valence-electron chi connectivity index (χ1n) is 7.53. The van der Waals surface area contributed by atoms with Gasteiger partial charge in [-0.05, 0) is 24.1 Å². The summed E-state index contributed by atoms with van der Waals surface area (Å²) >= 11 is 0. The van der Waals surface area contributed by atoms with Crippen molar-refractivity contribution in [2.24, 2.45) is 5.73 Å². The first-order chi connectivity index (χ1) is 11.4. The van der Waals surface area contributed by atoms with Gasteiger partial charge in [-0.3, -0.25) is 4.79 Å². The van der Waals surface area contributed by atoms with Crippen LogP contribution in [0.25, 0.3) is 0 Å². The van der Waals surface area contributed by atoms with Gasteiger partial charge in [-0.1, -0.05) is 48.5 Å². The zero-order valence-corrected chi connectivity index (χ0v) is 14.5. The summed E-state index contributed by atoms with van der Waals surface area (Å²) in [5.74, 6) is -1.73. The number of rotatable bonds is 6. The first-order valence-corrected chi connectivity index (χ1v) is 9.19. The Balaban J connectivity index is 2.33. The molecule has 0 fully saturated rings. The van der Waals surface area contributed by atoms with Gasteiger partial charge in [0, 0.05) is 6.04 Å². The maximum atomic E-state index is 12.7. The molecule has 5 nitrogen and oxygen atoms in total. The van der Waals surface area contributed by atoms with Crippen LogP contribution in [-0.2, 0) is 19.4 Å². The molecule has 2 unspecified atom stereocenters. The van der Waals surface area contributed by atoms with Crippen LogP contribution in [-0.4, -0.2) is 33.3 Å². The van der Waals surface area contributed by atoms with E-state index in [0.29, 0.717) is 11.1 Å². The Hall–Kier alpha value is -2.18. The average molecular weight is 347 g/mol. The number of esters is 1. The van der Waals surface area contributed by atoms with E-state index < -0.39 is 27.8 Å². The summed E-state index contributed by atoms with van der Waals surface area (Å²) in [5, 5.41) is 0. The minimum Gasteiger partial charge on any atom is -0.469 e. The fraction of sp³-hybridized carbons (Fsp3) is 0.278. The largest absolute Gasteiger partial charge is 0.469 e.